The van der Waals surface area contributed by atoms with E-state index in [0.29, 0.717) is 12.0 Å². The number of nitrogens with one attached hydrogen (secondary N) is 1. The minimum atomic E-state index is -4.05. The molecule has 21 heavy (non-hydrogen) atoms. The lowest BCUT2D eigenvalue weighted by atomic mass is 10.1. The number of fused-ring (bicyclic) bond motifs is 1. The zero-order chi connectivity index (χ0) is 15.8. The maximum absolute atomic E-state index is 12.1. The number of carboxylic acid groups (broad SMARTS) is 1. The van der Waals surface area contributed by atoms with Gasteiger partial charge in [0.1, 0.15) is 5.00 Å². The maximum atomic E-state index is 12.1. The van der Waals surface area contributed by atoms with Crippen LogP contribution in [0.4, 0.5) is 5.00 Å². The molecule has 116 valence electrons. The van der Waals surface area contributed by atoms with Crippen molar-refractivity contribution in [1.82, 2.24) is 0 Å². The number of hydrogen-bond donors (Lipinski definition) is 2. The standard InChI is InChI=1S/C12H15NO6S2/c1-6(12(16)19-2)21(17,18)13-10-9(11(14)15)7-4-3-5-8(7)20-10/h6,13H,3-5H2,1-2H3,(H,14,15). The molecule has 1 atom stereocenters. The number of anilines is 1. The Morgan fingerprint density at radius 1 is 1.38 bits per heavy atom. The highest BCUT2D eigenvalue weighted by Crippen LogP contribution is 2.39. The maximum Gasteiger partial charge on any atom is 0.339 e. The van der Waals surface area contributed by atoms with E-state index in [0.717, 1.165) is 36.2 Å². The highest BCUT2D eigenvalue weighted by molar-refractivity contribution is 7.94. The van der Waals surface area contributed by atoms with Crippen LogP contribution in [0.25, 0.3) is 0 Å². The summed E-state index contributed by atoms with van der Waals surface area (Å²) in [6.45, 7) is 1.19. The summed E-state index contributed by atoms with van der Waals surface area (Å²) in [4.78, 5) is 23.6. The molecule has 0 fully saturated rings. The van der Waals surface area contributed by atoms with Crippen molar-refractivity contribution in [1.29, 1.82) is 0 Å². The van der Waals surface area contributed by atoms with Gasteiger partial charge in [-0.15, -0.1) is 11.3 Å². The van der Waals surface area contributed by atoms with Crippen molar-refractivity contribution in [2.24, 2.45) is 0 Å². The van der Waals surface area contributed by atoms with Gasteiger partial charge in [-0.25, -0.2) is 13.2 Å². The third kappa shape index (κ3) is 2.88. The minimum absolute atomic E-state index is 0.00635. The van der Waals surface area contributed by atoms with Gasteiger partial charge in [-0.1, -0.05) is 0 Å². The third-order valence-corrected chi connectivity index (χ3v) is 6.32. The monoisotopic (exact) mass is 333 g/mol. The molecule has 0 spiro atoms. The molecule has 2 N–H and O–H groups in total. The number of aryl methyl sites for hydroxylation is 1. The number of aromatic carboxylic acids is 1. The number of thiophene rings is 1. The Kier molecular flexibility index (Phi) is 4.24. The molecule has 0 aromatic carbocycles. The molecule has 9 heteroatoms. The fourth-order valence-electron chi connectivity index (χ4n) is 2.21. The van der Waals surface area contributed by atoms with Crippen LogP contribution >= 0.6 is 11.3 Å². The van der Waals surface area contributed by atoms with Crippen LogP contribution in [0.2, 0.25) is 0 Å². The first-order valence-corrected chi connectivity index (χ1v) is 8.61. The summed E-state index contributed by atoms with van der Waals surface area (Å²) in [5, 5.41) is 7.93. The highest BCUT2D eigenvalue weighted by atomic mass is 32.2. The lowest BCUT2D eigenvalue weighted by Crippen LogP contribution is -2.33. The molecule has 0 saturated heterocycles. The van der Waals surface area contributed by atoms with Gasteiger partial charge in [-0.2, -0.15) is 0 Å². The van der Waals surface area contributed by atoms with Crippen molar-refractivity contribution in [3.63, 3.8) is 0 Å². The van der Waals surface area contributed by atoms with Gasteiger partial charge < -0.3 is 9.84 Å². The SMILES string of the molecule is COC(=O)C(C)S(=O)(=O)Nc1sc2c(c1C(=O)O)CCC2. The van der Waals surface area contributed by atoms with Gasteiger partial charge in [0, 0.05) is 4.88 Å². The Balaban J connectivity index is 2.36. The van der Waals surface area contributed by atoms with E-state index in [1.807, 2.05) is 0 Å². The van der Waals surface area contributed by atoms with Crippen molar-refractivity contribution in [3.8, 4) is 0 Å². The first-order chi connectivity index (χ1) is 9.77. The number of carbonyl (C=O) groups is 2. The Hall–Kier alpha value is -1.61. The molecular formula is C12H15NO6S2. The van der Waals surface area contributed by atoms with Crippen LogP contribution in [0.5, 0.6) is 0 Å². The average molecular weight is 333 g/mol. The van der Waals surface area contributed by atoms with E-state index >= 15 is 0 Å². The summed E-state index contributed by atoms with van der Waals surface area (Å²) in [6.07, 6.45) is 2.24. The molecule has 1 aliphatic carbocycles. The van der Waals surface area contributed by atoms with Crippen LogP contribution in [0, 0.1) is 0 Å². The van der Waals surface area contributed by atoms with E-state index in [1.54, 1.807) is 0 Å². The quantitative estimate of drug-likeness (QED) is 0.785. The molecule has 0 radical (unpaired) electrons. The van der Waals surface area contributed by atoms with E-state index < -0.39 is 27.2 Å². The summed E-state index contributed by atoms with van der Waals surface area (Å²) >= 11 is 1.12. The molecule has 1 heterocycles. The Labute approximate surface area is 126 Å². The Morgan fingerprint density at radius 2 is 2.05 bits per heavy atom. The van der Waals surface area contributed by atoms with Gasteiger partial charge >= 0.3 is 11.9 Å². The van der Waals surface area contributed by atoms with Gasteiger partial charge in [0.15, 0.2) is 5.25 Å². The van der Waals surface area contributed by atoms with Crippen molar-refractivity contribution in [3.05, 3.63) is 16.0 Å². The second-order valence-corrected chi connectivity index (χ2v) is 7.79. The van der Waals surface area contributed by atoms with E-state index in [-0.39, 0.29) is 10.6 Å². The summed E-state index contributed by atoms with van der Waals surface area (Å²) in [7, 11) is -2.95. The second kappa shape index (κ2) is 5.64. The Morgan fingerprint density at radius 3 is 2.62 bits per heavy atom. The van der Waals surface area contributed by atoms with Crippen molar-refractivity contribution in [2.75, 3.05) is 11.8 Å². The topological polar surface area (TPSA) is 110 Å². The number of ether oxygens (including phenoxy) is 1. The van der Waals surface area contributed by atoms with E-state index in [1.165, 1.54) is 6.92 Å². The van der Waals surface area contributed by atoms with Crippen LogP contribution < -0.4 is 4.72 Å². The van der Waals surface area contributed by atoms with E-state index in [2.05, 4.69) is 9.46 Å². The van der Waals surface area contributed by atoms with Crippen LogP contribution in [-0.2, 0) is 32.4 Å². The lowest BCUT2D eigenvalue weighted by Gasteiger charge is -2.12. The second-order valence-electron chi connectivity index (χ2n) is 4.68. The third-order valence-electron chi connectivity index (χ3n) is 3.37. The molecule has 0 saturated carbocycles. The van der Waals surface area contributed by atoms with Crippen molar-refractivity contribution < 1.29 is 27.9 Å². The van der Waals surface area contributed by atoms with Gasteiger partial charge in [-0.05, 0) is 31.7 Å². The molecule has 2 rings (SSSR count). The summed E-state index contributed by atoms with van der Waals surface area (Å²) in [6, 6.07) is 0. The number of rotatable bonds is 5. The molecule has 1 aromatic heterocycles. The number of methoxy groups -OCH3 is 1. The molecule has 0 aliphatic heterocycles. The van der Waals surface area contributed by atoms with Crippen LogP contribution in [-0.4, -0.2) is 37.8 Å². The molecule has 0 amide bonds. The molecular weight excluding hydrogens is 318 g/mol. The fraction of sp³-hybridized carbons (Fsp3) is 0.500. The lowest BCUT2D eigenvalue weighted by molar-refractivity contribution is -0.139. The first kappa shape index (κ1) is 15.8. The van der Waals surface area contributed by atoms with Crippen molar-refractivity contribution in [2.45, 2.75) is 31.4 Å². The molecule has 1 aliphatic rings. The molecule has 1 aromatic rings. The zero-order valence-electron chi connectivity index (χ0n) is 11.5. The van der Waals surface area contributed by atoms with Gasteiger partial charge in [0.05, 0.1) is 12.7 Å². The number of carboxylic acids is 1. The van der Waals surface area contributed by atoms with E-state index in [4.69, 9.17) is 0 Å². The van der Waals surface area contributed by atoms with Gasteiger partial charge in [0.25, 0.3) is 0 Å². The summed E-state index contributed by atoms with van der Waals surface area (Å²) in [5.74, 6) is -2.07. The summed E-state index contributed by atoms with van der Waals surface area (Å²) < 4.78 is 30.8. The number of esters is 1. The molecule has 7 nitrogen and oxygen atoms in total. The normalized spacial score (nSPS) is 15.3. The Bertz CT molecular complexity index is 691. The van der Waals surface area contributed by atoms with Crippen LogP contribution in [0.1, 0.15) is 34.1 Å². The zero-order valence-corrected chi connectivity index (χ0v) is 13.1. The first-order valence-electron chi connectivity index (χ1n) is 6.25. The fourth-order valence-corrected chi connectivity index (χ4v) is 4.75. The van der Waals surface area contributed by atoms with Crippen LogP contribution in [0.3, 0.4) is 0 Å². The van der Waals surface area contributed by atoms with Crippen molar-refractivity contribution >= 4 is 38.3 Å². The van der Waals surface area contributed by atoms with Gasteiger partial charge in [0.2, 0.25) is 10.0 Å². The summed E-state index contributed by atoms with van der Waals surface area (Å²) in [5.41, 5.74) is 0.684. The van der Waals surface area contributed by atoms with Crippen LogP contribution in [0.15, 0.2) is 0 Å². The largest absolute Gasteiger partial charge is 0.478 e. The molecule has 1 unspecified atom stereocenters. The minimum Gasteiger partial charge on any atom is -0.478 e. The number of carbonyl (C=O) groups excluding carboxylic acids is 1. The number of hydrogen-bond acceptors (Lipinski definition) is 6. The highest BCUT2D eigenvalue weighted by Gasteiger charge is 2.33. The average Bonchev–Trinajstić information content (AvgIpc) is 2.95. The van der Waals surface area contributed by atoms with E-state index in [9.17, 15) is 23.1 Å². The van der Waals surface area contributed by atoms with Gasteiger partial charge in [-0.3, -0.25) is 9.52 Å². The molecule has 0 bridgehead atoms. The predicted octanol–water partition coefficient (Wildman–Crippen LogP) is 1.24. The predicted molar refractivity (Wildman–Crippen MR) is 77.3 cm³/mol. The number of sulfonamides is 1. The smallest absolute Gasteiger partial charge is 0.339 e.